The number of carbonyl (C=O) groups is 6. The Morgan fingerprint density at radius 1 is 0.769 bits per heavy atom. The minimum Gasteiger partial charge on any atom is -0.462 e. The number of hydrogen-bond acceptors (Lipinski definition) is 14. The number of hydrogen-bond donors (Lipinski definition) is 0. The quantitative estimate of drug-likeness (QED) is 0.277. The molecule has 0 aliphatic heterocycles. The molecule has 212 valence electrons. The van der Waals surface area contributed by atoms with Crippen LogP contribution >= 0.6 is 0 Å². The molecule has 0 bridgehead atoms. The topological polar surface area (TPSA) is 201 Å². The lowest BCUT2D eigenvalue weighted by Crippen LogP contribution is -2.50. The summed E-state index contributed by atoms with van der Waals surface area (Å²) in [7, 11) is 0. The van der Waals surface area contributed by atoms with Crippen molar-refractivity contribution in [3.05, 3.63) is 27.9 Å². The fourth-order valence-electron chi connectivity index (χ4n) is 3.75. The van der Waals surface area contributed by atoms with Gasteiger partial charge >= 0.3 is 29.8 Å². The number of nitrogens with zero attached hydrogens (tertiary/aromatic N) is 4. The number of ether oxygens (including phenoxy) is 5. The fourth-order valence-corrected chi connectivity index (χ4v) is 3.75. The highest BCUT2D eigenvalue weighted by Crippen LogP contribution is 2.30. The molecule has 16 heteroatoms. The maximum absolute atomic E-state index is 12.4. The standard InChI is InChI=1S/C23H28N4O12/c1-10-8-18(34)27(11(2)28)23-25-24-22(26(10)23)21(39-16(7)33)20(38-15(6)32)19(37-14(5)31)17(36-13(4)30)9-35-12(3)29/h8,17,19-21H,9H2,1-7H3/t17-,19-,20+,21+/m1/s1. The predicted molar refractivity (Wildman–Crippen MR) is 126 cm³/mol. The second-order valence-corrected chi connectivity index (χ2v) is 8.30. The SMILES string of the molecule is CC(=O)OC[C@@H](OC(C)=O)[C@@H](OC(C)=O)[C@H](OC(C)=O)[C@H](OC(C)=O)c1nnc2n(C(C)=O)c(=O)cc(C)n12. The molecule has 2 aromatic heterocycles. The van der Waals surface area contributed by atoms with Gasteiger partial charge in [0.15, 0.2) is 24.1 Å². The van der Waals surface area contributed by atoms with Crippen LogP contribution < -0.4 is 5.56 Å². The summed E-state index contributed by atoms with van der Waals surface area (Å²) in [4.78, 5) is 84.5. The predicted octanol–water partition coefficient (Wildman–Crippen LogP) is -0.178. The Hall–Kier alpha value is -4.63. The molecule has 0 fully saturated rings. The molecule has 0 spiro atoms. The minimum atomic E-state index is -1.76. The number of aromatic nitrogens is 4. The lowest BCUT2D eigenvalue weighted by Gasteiger charge is -2.34. The third-order valence-corrected chi connectivity index (χ3v) is 5.00. The third-order valence-electron chi connectivity index (χ3n) is 5.00. The van der Waals surface area contributed by atoms with Crippen molar-refractivity contribution in [1.82, 2.24) is 19.2 Å². The van der Waals surface area contributed by atoms with E-state index in [0.717, 1.165) is 47.6 Å². The summed E-state index contributed by atoms with van der Waals surface area (Å²) in [5.41, 5.74) is -0.507. The van der Waals surface area contributed by atoms with Crippen molar-refractivity contribution in [3.8, 4) is 0 Å². The van der Waals surface area contributed by atoms with Crippen LogP contribution in [0, 0.1) is 6.92 Å². The molecule has 4 atom stereocenters. The first kappa shape index (κ1) is 30.6. The van der Waals surface area contributed by atoms with Crippen LogP contribution in [0.3, 0.4) is 0 Å². The Kier molecular flexibility index (Phi) is 10.0. The van der Waals surface area contributed by atoms with Crippen LogP contribution in [0.4, 0.5) is 0 Å². The van der Waals surface area contributed by atoms with E-state index in [2.05, 4.69) is 10.2 Å². The number of aryl methyl sites for hydroxylation is 1. The van der Waals surface area contributed by atoms with Crippen molar-refractivity contribution in [2.24, 2.45) is 0 Å². The van der Waals surface area contributed by atoms with E-state index in [1.165, 1.54) is 11.3 Å². The van der Waals surface area contributed by atoms with Gasteiger partial charge in [-0.15, -0.1) is 10.2 Å². The van der Waals surface area contributed by atoms with Crippen LogP contribution in [-0.4, -0.2) is 79.8 Å². The number of esters is 5. The van der Waals surface area contributed by atoms with Gasteiger partial charge in [-0.1, -0.05) is 0 Å². The van der Waals surface area contributed by atoms with Gasteiger partial charge in [-0.3, -0.25) is 38.0 Å². The molecule has 0 unspecified atom stereocenters. The first-order valence-electron chi connectivity index (χ1n) is 11.4. The van der Waals surface area contributed by atoms with Crippen LogP contribution in [0.2, 0.25) is 0 Å². The Morgan fingerprint density at radius 3 is 1.79 bits per heavy atom. The zero-order chi connectivity index (χ0) is 29.6. The van der Waals surface area contributed by atoms with E-state index in [-0.39, 0.29) is 17.3 Å². The van der Waals surface area contributed by atoms with Crippen molar-refractivity contribution in [2.45, 2.75) is 72.9 Å². The molecule has 0 aliphatic carbocycles. The molecule has 0 N–H and O–H groups in total. The Morgan fingerprint density at radius 2 is 1.31 bits per heavy atom. The Labute approximate surface area is 221 Å². The van der Waals surface area contributed by atoms with Gasteiger partial charge in [-0.05, 0) is 6.92 Å². The highest BCUT2D eigenvalue weighted by Gasteiger charge is 2.46. The molecular weight excluding hydrogens is 524 g/mol. The molecule has 0 saturated carbocycles. The molecule has 0 radical (unpaired) electrons. The van der Waals surface area contributed by atoms with Gasteiger partial charge in [0.05, 0.1) is 0 Å². The van der Waals surface area contributed by atoms with Crippen LogP contribution in [0.25, 0.3) is 5.78 Å². The molecule has 0 amide bonds. The van der Waals surface area contributed by atoms with Gasteiger partial charge in [0.2, 0.25) is 17.8 Å². The van der Waals surface area contributed by atoms with Crippen molar-refractivity contribution in [2.75, 3.05) is 6.61 Å². The van der Waals surface area contributed by atoms with Crippen molar-refractivity contribution >= 4 is 41.5 Å². The first-order chi connectivity index (χ1) is 18.1. The lowest BCUT2D eigenvalue weighted by atomic mass is 10.0. The lowest BCUT2D eigenvalue weighted by molar-refractivity contribution is -0.204. The maximum atomic E-state index is 12.4. The molecule has 0 saturated heterocycles. The van der Waals surface area contributed by atoms with Crippen molar-refractivity contribution in [1.29, 1.82) is 0 Å². The van der Waals surface area contributed by atoms with Gasteiger partial charge in [-0.2, -0.15) is 0 Å². The largest absolute Gasteiger partial charge is 0.462 e. The number of carbonyl (C=O) groups excluding carboxylic acids is 6. The highest BCUT2D eigenvalue weighted by atomic mass is 16.6. The molecular formula is C23H28N4O12. The summed E-state index contributed by atoms with van der Waals surface area (Å²) in [5, 5.41) is 7.86. The molecule has 39 heavy (non-hydrogen) atoms. The van der Waals surface area contributed by atoms with E-state index in [1.807, 2.05) is 0 Å². The van der Waals surface area contributed by atoms with E-state index in [4.69, 9.17) is 23.7 Å². The molecule has 2 rings (SSSR count). The average molecular weight is 552 g/mol. The zero-order valence-corrected chi connectivity index (χ0v) is 22.3. The minimum absolute atomic E-state index is 0.201. The van der Waals surface area contributed by atoms with Crippen LogP contribution in [0.1, 0.15) is 64.0 Å². The Balaban J connectivity index is 2.87. The van der Waals surface area contributed by atoms with Crippen LogP contribution in [0.15, 0.2) is 10.9 Å². The normalized spacial score (nSPS) is 13.9. The second-order valence-electron chi connectivity index (χ2n) is 8.30. The molecule has 0 aromatic carbocycles. The molecule has 16 nitrogen and oxygen atoms in total. The maximum Gasteiger partial charge on any atom is 0.303 e. The molecule has 2 aromatic rings. The van der Waals surface area contributed by atoms with Gasteiger partial charge in [0.25, 0.3) is 5.56 Å². The van der Waals surface area contributed by atoms with Gasteiger partial charge in [0.1, 0.15) is 6.61 Å². The van der Waals surface area contributed by atoms with Crippen molar-refractivity contribution < 1.29 is 52.5 Å². The third kappa shape index (κ3) is 7.68. The number of rotatable bonds is 10. The monoisotopic (exact) mass is 552 g/mol. The summed E-state index contributed by atoms with van der Waals surface area (Å²) in [6, 6.07) is 1.10. The second kappa shape index (κ2) is 12.7. The van der Waals surface area contributed by atoms with E-state index < -0.39 is 72.3 Å². The molecule has 0 aliphatic rings. The summed E-state index contributed by atoms with van der Waals surface area (Å²) in [6.07, 6.45) is -6.74. The van der Waals surface area contributed by atoms with E-state index in [0.29, 0.717) is 4.57 Å². The van der Waals surface area contributed by atoms with Crippen LogP contribution in [-0.2, 0) is 47.7 Å². The van der Waals surface area contributed by atoms with Crippen LogP contribution in [0.5, 0.6) is 0 Å². The van der Waals surface area contributed by atoms with Gasteiger partial charge in [0, 0.05) is 53.3 Å². The van der Waals surface area contributed by atoms with Gasteiger partial charge in [-0.25, -0.2) is 4.57 Å². The molecule has 2 heterocycles. The summed E-state index contributed by atoms with van der Waals surface area (Å²) in [5.74, 6) is -5.59. The summed E-state index contributed by atoms with van der Waals surface area (Å²) in [6.45, 7) is 7.12. The summed E-state index contributed by atoms with van der Waals surface area (Å²) < 4.78 is 28.3. The highest BCUT2D eigenvalue weighted by molar-refractivity contribution is 5.79. The van der Waals surface area contributed by atoms with Gasteiger partial charge < -0.3 is 23.7 Å². The van der Waals surface area contributed by atoms with E-state index in [1.54, 1.807) is 0 Å². The average Bonchev–Trinajstić information content (AvgIpc) is 3.21. The van der Waals surface area contributed by atoms with E-state index in [9.17, 15) is 33.6 Å². The fraction of sp³-hybridized carbons (Fsp3) is 0.522. The summed E-state index contributed by atoms with van der Waals surface area (Å²) >= 11 is 0. The Bertz CT molecular complexity index is 1360. The number of fused-ring (bicyclic) bond motifs is 1. The van der Waals surface area contributed by atoms with E-state index >= 15 is 0 Å². The van der Waals surface area contributed by atoms with Crippen molar-refractivity contribution in [3.63, 3.8) is 0 Å². The first-order valence-corrected chi connectivity index (χ1v) is 11.4. The zero-order valence-electron chi connectivity index (χ0n) is 22.3. The smallest absolute Gasteiger partial charge is 0.303 e.